The number of quaternary nitrogens is 1. The number of benzene rings is 2. The van der Waals surface area contributed by atoms with Crippen LogP contribution >= 0.6 is 0 Å². The fraction of sp³-hybridized carbons (Fsp3) is 0.316. The second-order valence-electron chi connectivity index (χ2n) is 5.80. The second-order valence-corrected chi connectivity index (χ2v) is 5.80. The highest BCUT2D eigenvalue weighted by Gasteiger charge is 2.21. The molecule has 4 nitrogen and oxygen atoms in total. The van der Waals surface area contributed by atoms with Crippen molar-refractivity contribution in [2.75, 3.05) is 14.2 Å². The van der Waals surface area contributed by atoms with Crippen LogP contribution in [0.3, 0.4) is 0 Å². The highest BCUT2D eigenvalue weighted by atomic mass is 16.5. The van der Waals surface area contributed by atoms with Gasteiger partial charge in [-0.3, -0.25) is 4.79 Å². The zero-order chi connectivity index (χ0) is 16.7. The zero-order valence-electron chi connectivity index (χ0n) is 14.0. The Morgan fingerprint density at radius 1 is 1.09 bits per heavy atom. The monoisotopic (exact) mass is 313 g/mol. The number of nitrogens with one attached hydrogen (secondary N) is 2. The molecule has 2 N–H and O–H groups in total. The average molecular weight is 313 g/mol. The van der Waals surface area contributed by atoms with Crippen molar-refractivity contribution < 1.29 is 14.4 Å². The van der Waals surface area contributed by atoms with Gasteiger partial charge in [0.15, 0.2) is 6.04 Å². The molecule has 0 aliphatic rings. The zero-order valence-corrected chi connectivity index (χ0v) is 14.0. The number of likely N-dealkylation sites (N-methyl/N-ethyl adjacent to an activating group) is 1. The SMILES string of the molecule is COc1ccc(C[NH+](C)[C@@H](C)C(=O)NCc2ccccc2)cc1. The molecule has 23 heavy (non-hydrogen) atoms. The smallest absolute Gasteiger partial charge is 0.278 e. The van der Waals surface area contributed by atoms with Crippen LogP contribution < -0.4 is 15.0 Å². The summed E-state index contributed by atoms with van der Waals surface area (Å²) in [5, 5.41) is 3.00. The van der Waals surface area contributed by atoms with Gasteiger partial charge in [0.1, 0.15) is 12.3 Å². The van der Waals surface area contributed by atoms with Crippen LogP contribution in [0.15, 0.2) is 54.6 Å². The Balaban J connectivity index is 1.85. The number of rotatable bonds is 7. The minimum absolute atomic E-state index is 0.0693. The molecular formula is C19H25N2O2+. The summed E-state index contributed by atoms with van der Waals surface area (Å²) < 4.78 is 5.16. The van der Waals surface area contributed by atoms with Crippen LogP contribution in [-0.2, 0) is 17.9 Å². The molecule has 0 aromatic heterocycles. The summed E-state index contributed by atoms with van der Waals surface area (Å²) in [6, 6.07) is 17.8. The predicted molar refractivity (Wildman–Crippen MR) is 91.3 cm³/mol. The van der Waals surface area contributed by atoms with Gasteiger partial charge in [0.25, 0.3) is 5.91 Å². The molecule has 4 heteroatoms. The van der Waals surface area contributed by atoms with Gasteiger partial charge >= 0.3 is 0 Å². The van der Waals surface area contributed by atoms with Gasteiger partial charge in [-0.05, 0) is 36.8 Å². The molecule has 122 valence electrons. The van der Waals surface area contributed by atoms with Crippen LogP contribution in [0.1, 0.15) is 18.1 Å². The van der Waals surface area contributed by atoms with E-state index in [0.29, 0.717) is 6.54 Å². The number of hydrogen-bond acceptors (Lipinski definition) is 2. The van der Waals surface area contributed by atoms with E-state index in [9.17, 15) is 4.79 Å². The molecule has 0 bridgehead atoms. The lowest BCUT2D eigenvalue weighted by atomic mass is 10.1. The molecule has 0 aliphatic heterocycles. The first-order chi connectivity index (χ1) is 11.1. The summed E-state index contributed by atoms with van der Waals surface area (Å²) >= 11 is 0. The maximum absolute atomic E-state index is 12.3. The van der Waals surface area contributed by atoms with Crippen molar-refractivity contribution >= 4 is 5.91 Å². The van der Waals surface area contributed by atoms with Gasteiger partial charge in [-0.15, -0.1) is 0 Å². The van der Waals surface area contributed by atoms with Crippen LogP contribution in [0.25, 0.3) is 0 Å². The Morgan fingerprint density at radius 3 is 2.35 bits per heavy atom. The summed E-state index contributed by atoms with van der Waals surface area (Å²) in [6.45, 7) is 3.32. The molecule has 0 aliphatic carbocycles. The van der Waals surface area contributed by atoms with E-state index in [-0.39, 0.29) is 11.9 Å². The first-order valence-electron chi connectivity index (χ1n) is 7.87. The van der Waals surface area contributed by atoms with E-state index >= 15 is 0 Å². The maximum atomic E-state index is 12.3. The van der Waals surface area contributed by atoms with E-state index in [1.807, 2.05) is 68.6 Å². The number of hydrogen-bond donors (Lipinski definition) is 2. The second kappa shape index (κ2) is 8.34. The molecule has 1 unspecified atom stereocenters. The average Bonchev–Trinajstić information content (AvgIpc) is 2.60. The molecule has 2 aromatic carbocycles. The van der Waals surface area contributed by atoms with Gasteiger partial charge in [-0.1, -0.05) is 30.3 Å². The van der Waals surface area contributed by atoms with Crippen LogP contribution in [0, 0.1) is 0 Å². The molecule has 2 atom stereocenters. The number of carbonyl (C=O) groups excluding carboxylic acids is 1. The Hall–Kier alpha value is -2.33. The maximum Gasteiger partial charge on any atom is 0.278 e. The van der Waals surface area contributed by atoms with E-state index in [1.165, 1.54) is 5.56 Å². The molecule has 0 heterocycles. The molecule has 2 rings (SSSR count). The molecule has 2 aromatic rings. The Bertz CT molecular complexity index is 611. The van der Waals surface area contributed by atoms with Crippen LogP contribution in [0.5, 0.6) is 5.75 Å². The standard InChI is InChI=1S/C19H24N2O2/c1-15(19(22)20-13-16-7-5-4-6-8-16)21(2)14-17-9-11-18(23-3)12-10-17/h4-12,15H,13-14H2,1-3H3,(H,20,22)/p+1/t15-/m0/s1. The summed E-state index contributed by atoms with van der Waals surface area (Å²) in [6.07, 6.45) is 0. The third kappa shape index (κ3) is 5.11. The lowest BCUT2D eigenvalue weighted by molar-refractivity contribution is -0.908. The number of ether oxygens (including phenoxy) is 1. The fourth-order valence-corrected chi connectivity index (χ4v) is 2.38. The van der Waals surface area contributed by atoms with Gasteiger partial charge in [-0.2, -0.15) is 0 Å². The van der Waals surface area contributed by atoms with Crippen molar-refractivity contribution in [1.82, 2.24) is 5.32 Å². The van der Waals surface area contributed by atoms with E-state index < -0.39 is 0 Å². The van der Waals surface area contributed by atoms with Gasteiger partial charge in [-0.25, -0.2) is 0 Å². The third-order valence-electron chi connectivity index (χ3n) is 4.08. The predicted octanol–water partition coefficient (Wildman–Crippen LogP) is 1.41. The van der Waals surface area contributed by atoms with Crippen molar-refractivity contribution in [2.45, 2.75) is 26.1 Å². The fourth-order valence-electron chi connectivity index (χ4n) is 2.38. The summed E-state index contributed by atoms with van der Waals surface area (Å²) in [4.78, 5) is 13.4. The minimum Gasteiger partial charge on any atom is -0.497 e. The molecule has 0 radical (unpaired) electrons. The molecule has 0 saturated carbocycles. The normalized spacial score (nSPS) is 13.2. The van der Waals surface area contributed by atoms with Crippen molar-refractivity contribution in [3.8, 4) is 5.75 Å². The van der Waals surface area contributed by atoms with Crippen molar-refractivity contribution in [3.63, 3.8) is 0 Å². The molecule has 0 spiro atoms. The Morgan fingerprint density at radius 2 is 1.74 bits per heavy atom. The molecule has 0 fully saturated rings. The summed E-state index contributed by atoms with van der Waals surface area (Å²) in [7, 11) is 3.70. The highest BCUT2D eigenvalue weighted by Crippen LogP contribution is 2.10. The van der Waals surface area contributed by atoms with E-state index in [0.717, 1.165) is 22.8 Å². The number of carbonyl (C=O) groups is 1. The minimum atomic E-state index is -0.110. The number of methoxy groups -OCH3 is 1. The molecular weight excluding hydrogens is 288 g/mol. The van der Waals surface area contributed by atoms with E-state index in [2.05, 4.69) is 5.32 Å². The topological polar surface area (TPSA) is 42.8 Å². The van der Waals surface area contributed by atoms with E-state index in [1.54, 1.807) is 7.11 Å². The van der Waals surface area contributed by atoms with Gasteiger partial charge in [0.05, 0.1) is 14.2 Å². The Kier molecular flexibility index (Phi) is 6.18. The molecule has 1 amide bonds. The van der Waals surface area contributed by atoms with E-state index in [4.69, 9.17) is 4.74 Å². The van der Waals surface area contributed by atoms with Crippen molar-refractivity contribution in [1.29, 1.82) is 0 Å². The van der Waals surface area contributed by atoms with Gasteiger partial charge < -0.3 is 15.0 Å². The highest BCUT2D eigenvalue weighted by molar-refractivity contribution is 5.79. The van der Waals surface area contributed by atoms with Gasteiger partial charge in [0.2, 0.25) is 0 Å². The quantitative estimate of drug-likeness (QED) is 0.812. The molecule has 0 saturated heterocycles. The van der Waals surface area contributed by atoms with Crippen LogP contribution in [0.4, 0.5) is 0 Å². The third-order valence-corrected chi connectivity index (χ3v) is 4.08. The van der Waals surface area contributed by atoms with Crippen LogP contribution in [0.2, 0.25) is 0 Å². The van der Waals surface area contributed by atoms with Crippen molar-refractivity contribution in [3.05, 3.63) is 65.7 Å². The Labute approximate surface area is 138 Å². The first-order valence-corrected chi connectivity index (χ1v) is 7.87. The lowest BCUT2D eigenvalue weighted by Crippen LogP contribution is -3.12. The van der Waals surface area contributed by atoms with Gasteiger partial charge in [0, 0.05) is 12.1 Å². The summed E-state index contributed by atoms with van der Waals surface area (Å²) in [5.74, 6) is 0.917. The van der Waals surface area contributed by atoms with Crippen LogP contribution in [-0.4, -0.2) is 26.1 Å². The largest absolute Gasteiger partial charge is 0.497 e. The lowest BCUT2D eigenvalue weighted by Gasteiger charge is -2.21. The first kappa shape index (κ1) is 17.0. The summed E-state index contributed by atoms with van der Waals surface area (Å²) in [5.41, 5.74) is 2.30. The number of amides is 1. The van der Waals surface area contributed by atoms with Crippen molar-refractivity contribution in [2.24, 2.45) is 0 Å².